The van der Waals surface area contributed by atoms with E-state index in [2.05, 4.69) is 50.4 Å². The van der Waals surface area contributed by atoms with Crippen LogP contribution in [-0.4, -0.2) is 14.9 Å². The van der Waals surface area contributed by atoms with Gasteiger partial charge in [0.05, 0.1) is 0 Å². The molecule has 2 N–H and O–H groups in total. The van der Waals surface area contributed by atoms with Crippen molar-refractivity contribution in [2.75, 3.05) is 5.84 Å². The van der Waals surface area contributed by atoms with Gasteiger partial charge in [-0.25, -0.2) is 4.68 Å². The molecule has 0 amide bonds. The van der Waals surface area contributed by atoms with Crippen LogP contribution in [0.25, 0.3) is 0 Å². The van der Waals surface area contributed by atoms with Crippen LogP contribution in [0.5, 0.6) is 0 Å². The van der Waals surface area contributed by atoms with Crippen LogP contribution in [0.2, 0.25) is 0 Å². The maximum atomic E-state index is 6.19. The Balaban J connectivity index is 1.66. The summed E-state index contributed by atoms with van der Waals surface area (Å²) in [6, 6.07) is 8.32. The first-order valence-corrected chi connectivity index (χ1v) is 9.09. The number of halogens is 1. The molecule has 3 rings (SSSR count). The molecule has 0 radical (unpaired) electrons. The third-order valence-electron chi connectivity index (χ3n) is 3.94. The van der Waals surface area contributed by atoms with Gasteiger partial charge >= 0.3 is 0 Å². The molecule has 1 aliphatic carbocycles. The highest BCUT2D eigenvalue weighted by atomic mass is 79.9. The van der Waals surface area contributed by atoms with Crippen LogP contribution >= 0.6 is 27.7 Å². The fourth-order valence-electron chi connectivity index (χ4n) is 2.75. The Hall–Kier alpha value is -1.01. The SMILES string of the molecule is Nn1c(SCc2ccc(Br)cc2)nnc1C1CCCCC1. The molecule has 6 heteroatoms. The predicted molar refractivity (Wildman–Crippen MR) is 89.7 cm³/mol. The second kappa shape index (κ2) is 6.83. The van der Waals surface area contributed by atoms with Gasteiger partial charge in [-0.3, -0.25) is 0 Å². The lowest BCUT2D eigenvalue weighted by Gasteiger charge is -2.20. The van der Waals surface area contributed by atoms with Crippen LogP contribution in [0.1, 0.15) is 49.4 Å². The first kappa shape index (κ1) is 14.9. The Labute approximate surface area is 137 Å². The number of aromatic nitrogens is 3. The summed E-state index contributed by atoms with van der Waals surface area (Å²) >= 11 is 5.09. The zero-order valence-electron chi connectivity index (χ0n) is 11.8. The van der Waals surface area contributed by atoms with Crippen molar-refractivity contribution in [3.63, 3.8) is 0 Å². The van der Waals surface area contributed by atoms with Gasteiger partial charge in [0.2, 0.25) is 5.16 Å². The van der Waals surface area contributed by atoms with Crippen molar-refractivity contribution >= 4 is 27.7 Å². The Morgan fingerprint density at radius 2 is 1.86 bits per heavy atom. The highest BCUT2D eigenvalue weighted by Crippen LogP contribution is 2.32. The first-order valence-electron chi connectivity index (χ1n) is 7.31. The highest BCUT2D eigenvalue weighted by molar-refractivity contribution is 9.10. The average molecular weight is 367 g/mol. The monoisotopic (exact) mass is 366 g/mol. The summed E-state index contributed by atoms with van der Waals surface area (Å²) in [4.78, 5) is 0. The maximum absolute atomic E-state index is 6.19. The molecule has 2 aromatic rings. The van der Waals surface area contributed by atoms with Gasteiger partial charge in [0.15, 0.2) is 5.82 Å². The van der Waals surface area contributed by atoms with Gasteiger partial charge in [-0.15, -0.1) is 10.2 Å². The number of nitrogens with zero attached hydrogens (tertiary/aromatic N) is 3. The smallest absolute Gasteiger partial charge is 0.210 e. The molecule has 1 saturated carbocycles. The van der Waals surface area contributed by atoms with Gasteiger partial charge in [-0.1, -0.05) is 59.1 Å². The maximum Gasteiger partial charge on any atom is 0.210 e. The molecule has 1 aromatic heterocycles. The summed E-state index contributed by atoms with van der Waals surface area (Å²) in [7, 11) is 0. The third kappa shape index (κ3) is 3.61. The fraction of sp³-hybridized carbons (Fsp3) is 0.467. The molecule has 21 heavy (non-hydrogen) atoms. The molecule has 0 bridgehead atoms. The predicted octanol–water partition coefficient (Wildman–Crippen LogP) is 4.09. The Morgan fingerprint density at radius 3 is 2.57 bits per heavy atom. The summed E-state index contributed by atoms with van der Waals surface area (Å²) in [6.45, 7) is 0. The van der Waals surface area contributed by atoms with E-state index in [0.717, 1.165) is 21.2 Å². The molecule has 1 fully saturated rings. The minimum Gasteiger partial charge on any atom is -0.336 e. The van der Waals surface area contributed by atoms with E-state index in [-0.39, 0.29) is 0 Å². The summed E-state index contributed by atoms with van der Waals surface area (Å²) in [5.74, 6) is 8.48. The van der Waals surface area contributed by atoms with E-state index in [1.807, 2.05) is 0 Å². The fourth-order valence-corrected chi connectivity index (χ4v) is 3.84. The van der Waals surface area contributed by atoms with E-state index in [1.54, 1.807) is 16.4 Å². The zero-order valence-corrected chi connectivity index (χ0v) is 14.2. The van der Waals surface area contributed by atoms with Crippen molar-refractivity contribution < 1.29 is 0 Å². The van der Waals surface area contributed by atoms with Crippen molar-refractivity contribution in [1.82, 2.24) is 14.9 Å². The molecule has 0 atom stereocenters. The first-order chi connectivity index (χ1) is 10.2. The molecule has 0 saturated heterocycles. The van der Waals surface area contributed by atoms with Crippen molar-refractivity contribution in [2.24, 2.45) is 0 Å². The number of benzene rings is 1. The standard InChI is InChI=1S/C15H19BrN4S/c16-13-8-6-11(7-9-13)10-21-15-19-18-14(20(15)17)12-4-2-1-3-5-12/h6-9,12H,1-5,10,17H2. The second-order valence-corrected chi connectivity index (χ2v) is 7.32. The Bertz CT molecular complexity index is 590. The number of hydrogen-bond donors (Lipinski definition) is 1. The van der Waals surface area contributed by atoms with Crippen LogP contribution in [-0.2, 0) is 5.75 Å². The van der Waals surface area contributed by atoms with E-state index in [1.165, 1.54) is 37.7 Å². The second-order valence-electron chi connectivity index (χ2n) is 5.46. The molecule has 0 aliphatic heterocycles. The molecule has 0 spiro atoms. The lowest BCUT2D eigenvalue weighted by atomic mass is 9.89. The summed E-state index contributed by atoms with van der Waals surface area (Å²) in [6.07, 6.45) is 6.26. The number of nitrogen functional groups attached to an aromatic ring is 1. The number of nitrogens with two attached hydrogens (primary N) is 1. The molecular formula is C15H19BrN4S. The Kier molecular flexibility index (Phi) is 4.85. The van der Waals surface area contributed by atoms with Crippen molar-refractivity contribution in [3.05, 3.63) is 40.1 Å². The summed E-state index contributed by atoms with van der Waals surface area (Å²) in [5.41, 5.74) is 1.26. The number of thioether (sulfide) groups is 1. The van der Waals surface area contributed by atoms with Gasteiger partial charge in [-0.05, 0) is 30.5 Å². The van der Waals surface area contributed by atoms with Crippen LogP contribution < -0.4 is 5.84 Å². The normalized spacial score (nSPS) is 16.2. The highest BCUT2D eigenvalue weighted by Gasteiger charge is 2.22. The summed E-state index contributed by atoms with van der Waals surface area (Å²) in [5, 5.41) is 9.39. The number of hydrogen-bond acceptors (Lipinski definition) is 4. The van der Waals surface area contributed by atoms with Gasteiger partial charge in [0.1, 0.15) is 0 Å². The zero-order chi connectivity index (χ0) is 14.7. The van der Waals surface area contributed by atoms with Crippen LogP contribution in [0.15, 0.2) is 33.9 Å². The molecule has 0 unspecified atom stereocenters. The lowest BCUT2D eigenvalue weighted by Crippen LogP contribution is -2.18. The van der Waals surface area contributed by atoms with E-state index in [9.17, 15) is 0 Å². The number of rotatable bonds is 4. The van der Waals surface area contributed by atoms with Gasteiger partial charge in [0.25, 0.3) is 0 Å². The minimum absolute atomic E-state index is 0.485. The molecule has 1 aromatic carbocycles. The van der Waals surface area contributed by atoms with Crippen LogP contribution in [0.3, 0.4) is 0 Å². The quantitative estimate of drug-likeness (QED) is 0.653. The van der Waals surface area contributed by atoms with Gasteiger partial charge in [-0.2, -0.15) is 0 Å². The molecular weight excluding hydrogens is 348 g/mol. The van der Waals surface area contributed by atoms with E-state index >= 15 is 0 Å². The largest absolute Gasteiger partial charge is 0.336 e. The average Bonchev–Trinajstić information content (AvgIpc) is 2.89. The third-order valence-corrected chi connectivity index (χ3v) is 5.49. The molecule has 112 valence electrons. The topological polar surface area (TPSA) is 56.7 Å². The molecule has 1 aliphatic rings. The van der Waals surface area contributed by atoms with Crippen LogP contribution in [0.4, 0.5) is 0 Å². The van der Waals surface area contributed by atoms with E-state index < -0.39 is 0 Å². The van der Waals surface area contributed by atoms with Crippen molar-refractivity contribution in [1.29, 1.82) is 0 Å². The van der Waals surface area contributed by atoms with E-state index in [0.29, 0.717) is 5.92 Å². The van der Waals surface area contributed by atoms with Crippen LogP contribution in [0, 0.1) is 0 Å². The van der Waals surface area contributed by atoms with Crippen molar-refractivity contribution in [3.8, 4) is 0 Å². The molecule has 4 nitrogen and oxygen atoms in total. The van der Waals surface area contributed by atoms with E-state index in [4.69, 9.17) is 5.84 Å². The lowest BCUT2D eigenvalue weighted by molar-refractivity contribution is 0.421. The van der Waals surface area contributed by atoms with Crippen molar-refractivity contribution in [2.45, 2.75) is 48.9 Å². The minimum atomic E-state index is 0.485. The van der Waals surface area contributed by atoms with Gasteiger partial charge in [0, 0.05) is 16.1 Å². The molecule has 1 heterocycles. The Morgan fingerprint density at radius 1 is 1.14 bits per heavy atom. The van der Waals surface area contributed by atoms with Gasteiger partial charge < -0.3 is 5.84 Å². The summed E-state index contributed by atoms with van der Waals surface area (Å²) < 4.78 is 2.79.